The molecule has 0 aromatic heterocycles. The van der Waals surface area contributed by atoms with Gasteiger partial charge in [-0.15, -0.1) is 0 Å². The summed E-state index contributed by atoms with van der Waals surface area (Å²) < 4.78 is 11.5. The van der Waals surface area contributed by atoms with Crippen LogP contribution in [0, 0.1) is 0 Å². The van der Waals surface area contributed by atoms with Gasteiger partial charge in [0.15, 0.2) is 0 Å². The second kappa shape index (κ2) is 9.78. The molecule has 2 aromatic rings. The summed E-state index contributed by atoms with van der Waals surface area (Å²) in [5.74, 6) is 0.517. The average molecular weight is 406 g/mol. The van der Waals surface area contributed by atoms with Gasteiger partial charge in [-0.25, -0.2) is 0 Å². The summed E-state index contributed by atoms with van der Waals surface area (Å²) in [7, 11) is 0. The lowest BCUT2D eigenvalue weighted by molar-refractivity contribution is -0.136. The van der Waals surface area contributed by atoms with Crippen molar-refractivity contribution in [3.63, 3.8) is 0 Å². The van der Waals surface area contributed by atoms with Crippen LogP contribution in [0.15, 0.2) is 42.5 Å². The molecule has 1 heterocycles. The molecule has 0 spiro atoms. The van der Waals surface area contributed by atoms with Crippen LogP contribution in [0.25, 0.3) is 0 Å². The number of carbonyl (C=O) groups is 1. The lowest BCUT2D eigenvalue weighted by Crippen LogP contribution is -2.39. The zero-order valence-electron chi connectivity index (χ0n) is 15.4. The van der Waals surface area contributed by atoms with E-state index in [9.17, 15) is 9.90 Å². The summed E-state index contributed by atoms with van der Waals surface area (Å²) in [6.07, 6.45) is 1.04. The zero-order valence-corrected chi connectivity index (χ0v) is 16.2. The van der Waals surface area contributed by atoms with E-state index in [2.05, 4.69) is 5.32 Å². The summed E-state index contributed by atoms with van der Waals surface area (Å²) >= 11 is 6.02. The van der Waals surface area contributed by atoms with Crippen molar-refractivity contribution >= 4 is 17.6 Å². The Morgan fingerprint density at radius 1 is 1.32 bits per heavy atom. The summed E-state index contributed by atoms with van der Waals surface area (Å²) in [6.45, 7) is 1.14. The highest BCUT2D eigenvalue weighted by Crippen LogP contribution is 2.28. The molecule has 1 aliphatic heterocycles. The van der Waals surface area contributed by atoms with Crippen molar-refractivity contribution < 1.29 is 24.5 Å². The first kappa shape index (κ1) is 20.5. The van der Waals surface area contributed by atoms with Crippen molar-refractivity contribution in [3.05, 3.63) is 58.6 Å². The average Bonchev–Trinajstić information content (AvgIpc) is 2.67. The predicted molar refractivity (Wildman–Crippen MR) is 106 cm³/mol. The van der Waals surface area contributed by atoms with Gasteiger partial charge in [0.05, 0.1) is 11.4 Å². The predicted octanol–water partition coefficient (Wildman–Crippen LogP) is 2.69. The highest BCUT2D eigenvalue weighted by atomic mass is 35.5. The number of fused-ring (bicyclic) bond motifs is 1. The largest absolute Gasteiger partial charge is 0.489 e. The van der Waals surface area contributed by atoms with Crippen LogP contribution in [0.2, 0.25) is 5.02 Å². The van der Waals surface area contributed by atoms with Crippen molar-refractivity contribution in [1.29, 1.82) is 0 Å². The quantitative estimate of drug-likeness (QED) is 0.594. The number of aliphatic carboxylic acids is 1. The Kier molecular flexibility index (Phi) is 7.14. The van der Waals surface area contributed by atoms with Gasteiger partial charge in [-0.3, -0.25) is 4.79 Å². The van der Waals surface area contributed by atoms with Gasteiger partial charge in [0.1, 0.15) is 30.3 Å². The maximum absolute atomic E-state index is 10.8. The van der Waals surface area contributed by atoms with Crippen LogP contribution in [0.1, 0.15) is 17.5 Å². The molecule has 0 radical (unpaired) electrons. The molecule has 6 nitrogen and oxygen atoms in total. The van der Waals surface area contributed by atoms with E-state index in [1.54, 1.807) is 18.2 Å². The molecule has 0 amide bonds. The highest BCUT2D eigenvalue weighted by molar-refractivity contribution is 6.32. The first-order valence-electron chi connectivity index (χ1n) is 9.27. The second-order valence-corrected chi connectivity index (χ2v) is 7.25. The van der Waals surface area contributed by atoms with Gasteiger partial charge in [0.25, 0.3) is 0 Å². The monoisotopic (exact) mass is 405 g/mol. The smallest absolute Gasteiger partial charge is 0.307 e. The third-order valence-corrected chi connectivity index (χ3v) is 4.84. The topological polar surface area (TPSA) is 88.0 Å². The Labute approximate surface area is 169 Å². The molecule has 7 heteroatoms. The third kappa shape index (κ3) is 5.86. The number of aryl methyl sites for hydroxylation is 1. The van der Waals surface area contributed by atoms with E-state index in [0.29, 0.717) is 23.9 Å². The zero-order chi connectivity index (χ0) is 19.9. The van der Waals surface area contributed by atoms with Crippen molar-refractivity contribution in [2.24, 2.45) is 0 Å². The fourth-order valence-electron chi connectivity index (χ4n) is 3.14. The molecule has 0 saturated carbocycles. The summed E-state index contributed by atoms with van der Waals surface area (Å²) in [6, 6.07) is 12.7. The van der Waals surface area contributed by atoms with Crippen LogP contribution in [-0.4, -0.2) is 48.1 Å². The lowest BCUT2D eigenvalue weighted by atomic mass is 9.99. The van der Waals surface area contributed by atoms with Gasteiger partial charge in [-0.2, -0.15) is 0 Å². The first-order valence-corrected chi connectivity index (χ1v) is 9.65. The molecule has 1 aliphatic rings. The molecule has 1 unspecified atom stereocenters. The number of carboxylic acids is 1. The fraction of sp³-hybridized carbons (Fsp3) is 0.381. The lowest BCUT2D eigenvalue weighted by Gasteiger charge is -2.27. The summed E-state index contributed by atoms with van der Waals surface area (Å²) in [4.78, 5) is 10.8. The normalized spacial score (nSPS) is 16.7. The van der Waals surface area contributed by atoms with Gasteiger partial charge in [-0.05, 0) is 42.2 Å². The van der Waals surface area contributed by atoms with Crippen molar-refractivity contribution in [2.45, 2.75) is 31.5 Å². The maximum atomic E-state index is 10.8. The van der Waals surface area contributed by atoms with E-state index in [1.807, 2.05) is 24.3 Å². The van der Waals surface area contributed by atoms with Crippen molar-refractivity contribution in [3.8, 4) is 11.5 Å². The number of aliphatic hydroxyl groups is 1. The van der Waals surface area contributed by atoms with E-state index in [4.69, 9.17) is 26.2 Å². The van der Waals surface area contributed by atoms with Gasteiger partial charge >= 0.3 is 5.97 Å². The van der Waals surface area contributed by atoms with Gasteiger partial charge in [0.2, 0.25) is 0 Å². The van der Waals surface area contributed by atoms with E-state index in [-0.39, 0.29) is 19.1 Å². The first-order chi connectivity index (χ1) is 13.5. The summed E-state index contributed by atoms with van der Waals surface area (Å²) in [5, 5.41) is 22.7. The summed E-state index contributed by atoms with van der Waals surface area (Å²) in [5.41, 5.74) is 1.83. The Morgan fingerprint density at radius 3 is 2.93 bits per heavy atom. The molecule has 28 heavy (non-hydrogen) atoms. The van der Waals surface area contributed by atoms with Crippen LogP contribution in [0.5, 0.6) is 11.5 Å². The van der Waals surface area contributed by atoms with Crippen LogP contribution in [0.4, 0.5) is 0 Å². The van der Waals surface area contributed by atoms with Crippen LogP contribution in [-0.2, 0) is 17.6 Å². The van der Waals surface area contributed by atoms with E-state index < -0.39 is 12.1 Å². The molecule has 150 valence electrons. The minimum Gasteiger partial charge on any atom is -0.489 e. The molecule has 2 atom stereocenters. The molecular weight excluding hydrogens is 382 g/mol. The molecule has 3 rings (SSSR count). The Hall–Kier alpha value is -2.28. The minimum atomic E-state index is -0.837. The van der Waals surface area contributed by atoms with Crippen LogP contribution in [0.3, 0.4) is 0 Å². The molecule has 0 bridgehead atoms. The number of nitrogens with one attached hydrogen (secondary N) is 1. The molecule has 0 aliphatic carbocycles. The Morgan fingerprint density at radius 2 is 2.14 bits per heavy atom. The van der Waals surface area contributed by atoms with Crippen LogP contribution >= 0.6 is 11.6 Å². The number of benzene rings is 2. The number of aliphatic hydroxyl groups excluding tert-OH is 1. The fourth-order valence-corrected chi connectivity index (χ4v) is 3.33. The van der Waals surface area contributed by atoms with E-state index >= 15 is 0 Å². The van der Waals surface area contributed by atoms with E-state index in [1.165, 1.54) is 0 Å². The number of rotatable bonds is 9. The van der Waals surface area contributed by atoms with Gasteiger partial charge in [0, 0.05) is 13.1 Å². The number of hydrogen-bond acceptors (Lipinski definition) is 5. The molecule has 3 N–H and O–H groups in total. The number of ether oxygens (including phenoxy) is 2. The second-order valence-electron chi connectivity index (χ2n) is 6.84. The van der Waals surface area contributed by atoms with E-state index in [0.717, 1.165) is 29.7 Å². The minimum absolute atomic E-state index is 0.00881. The SMILES string of the molecule is O=C(O)Cc1ccc2c(c1)CC[C@H](CNCC(O)COc1ccccc1Cl)O2. The van der Waals surface area contributed by atoms with Crippen molar-refractivity contribution in [1.82, 2.24) is 5.32 Å². The van der Waals surface area contributed by atoms with Crippen molar-refractivity contribution in [2.75, 3.05) is 19.7 Å². The number of hydrogen-bond donors (Lipinski definition) is 3. The molecule has 0 fully saturated rings. The van der Waals surface area contributed by atoms with Gasteiger partial charge in [-0.1, -0.05) is 35.9 Å². The Bertz CT molecular complexity index is 813. The van der Waals surface area contributed by atoms with Crippen LogP contribution < -0.4 is 14.8 Å². The molecular formula is C21H24ClNO5. The Balaban J connectivity index is 1.40. The number of halogens is 1. The number of para-hydroxylation sites is 1. The molecule has 0 saturated heterocycles. The highest BCUT2D eigenvalue weighted by Gasteiger charge is 2.20. The molecule has 2 aromatic carbocycles. The standard InChI is InChI=1S/C21H24ClNO5/c22-18-3-1-2-4-20(18)27-13-16(24)11-23-12-17-7-6-15-9-14(10-21(25)26)5-8-19(15)28-17/h1-5,8-9,16-17,23-24H,6-7,10-13H2,(H,25,26)/t16?,17-/m1/s1. The number of carboxylic acid groups (broad SMARTS) is 1. The maximum Gasteiger partial charge on any atom is 0.307 e. The van der Waals surface area contributed by atoms with Gasteiger partial charge < -0.3 is 25.0 Å². The third-order valence-electron chi connectivity index (χ3n) is 4.53.